The average molecular weight is 283 g/mol. The minimum Gasteiger partial charge on any atom is -0.312 e. The Morgan fingerprint density at radius 3 is 2.20 bits per heavy atom. The van der Waals surface area contributed by atoms with Crippen LogP contribution in [-0.2, 0) is 0 Å². The second-order valence-corrected chi connectivity index (χ2v) is 6.91. The third-order valence-corrected chi connectivity index (χ3v) is 5.25. The molecule has 120 valence electrons. The number of unbranched alkanes of at least 4 members (excludes halogenated alkanes) is 3. The van der Waals surface area contributed by atoms with E-state index in [9.17, 15) is 0 Å². The first kappa shape index (κ1) is 18.0. The van der Waals surface area contributed by atoms with E-state index in [1.54, 1.807) is 0 Å². The number of hydrogen-bond acceptors (Lipinski definition) is 2. The smallest absolute Gasteiger partial charge is 0.0356 e. The van der Waals surface area contributed by atoms with Crippen molar-refractivity contribution in [1.82, 2.24) is 10.2 Å². The van der Waals surface area contributed by atoms with Crippen LogP contribution >= 0.6 is 0 Å². The first-order chi connectivity index (χ1) is 9.67. The molecular weight excluding hydrogens is 244 g/mol. The van der Waals surface area contributed by atoms with Gasteiger partial charge >= 0.3 is 0 Å². The molecule has 1 rings (SSSR count). The first-order valence-electron chi connectivity index (χ1n) is 9.08. The van der Waals surface area contributed by atoms with Gasteiger partial charge in [0, 0.05) is 11.6 Å². The van der Waals surface area contributed by atoms with Gasteiger partial charge in [-0.15, -0.1) is 0 Å². The summed E-state index contributed by atoms with van der Waals surface area (Å²) in [7, 11) is 4.61. The minimum atomic E-state index is 0.416. The van der Waals surface area contributed by atoms with E-state index >= 15 is 0 Å². The lowest BCUT2D eigenvalue weighted by molar-refractivity contribution is 0.0524. The number of likely N-dealkylation sites (N-methyl/N-ethyl adjacent to an activating group) is 1. The van der Waals surface area contributed by atoms with Gasteiger partial charge in [-0.1, -0.05) is 58.8 Å². The summed E-state index contributed by atoms with van der Waals surface area (Å²) < 4.78 is 0. The average Bonchev–Trinajstić information content (AvgIpc) is 2.47. The molecule has 0 aromatic carbocycles. The van der Waals surface area contributed by atoms with E-state index in [0.29, 0.717) is 11.6 Å². The van der Waals surface area contributed by atoms with Gasteiger partial charge in [-0.2, -0.15) is 0 Å². The Morgan fingerprint density at radius 1 is 0.950 bits per heavy atom. The lowest BCUT2D eigenvalue weighted by Gasteiger charge is -2.49. The molecule has 1 aliphatic carbocycles. The normalized spacial score (nSPS) is 20.2. The molecule has 1 unspecified atom stereocenters. The van der Waals surface area contributed by atoms with Crippen molar-refractivity contribution in [2.45, 2.75) is 96.1 Å². The highest BCUT2D eigenvalue weighted by atomic mass is 15.2. The Hall–Kier alpha value is -0.0800. The zero-order valence-electron chi connectivity index (χ0n) is 14.5. The van der Waals surface area contributed by atoms with E-state index < -0.39 is 0 Å². The van der Waals surface area contributed by atoms with Gasteiger partial charge in [-0.05, 0) is 46.3 Å². The Labute approximate surface area is 127 Å². The van der Waals surface area contributed by atoms with Crippen molar-refractivity contribution in [1.29, 1.82) is 0 Å². The molecule has 0 aromatic heterocycles. The summed E-state index contributed by atoms with van der Waals surface area (Å²) in [6.45, 7) is 5.76. The minimum absolute atomic E-state index is 0.416. The topological polar surface area (TPSA) is 15.3 Å². The zero-order valence-corrected chi connectivity index (χ0v) is 14.5. The lowest BCUT2D eigenvalue weighted by atomic mass is 9.73. The van der Waals surface area contributed by atoms with Crippen LogP contribution < -0.4 is 5.32 Å². The molecule has 1 saturated carbocycles. The SMILES string of the molecule is CCCCCCC(NCCC)C1(N(C)C)CCCCC1. The van der Waals surface area contributed by atoms with Gasteiger partial charge in [0.05, 0.1) is 0 Å². The third-order valence-electron chi connectivity index (χ3n) is 5.25. The molecule has 0 radical (unpaired) electrons. The molecule has 0 aromatic rings. The summed E-state index contributed by atoms with van der Waals surface area (Å²) in [6.07, 6.45) is 15.2. The fourth-order valence-electron chi connectivity index (χ4n) is 3.93. The van der Waals surface area contributed by atoms with Gasteiger partial charge in [0.2, 0.25) is 0 Å². The third kappa shape index (κ3) is 5.04. The van der Waals surface area contributed by atoms with Crippen LogP contribution in [0, 0.1) is 0 Å². The van der Waals surface area contributed by atoms with Gasteiger partial charge in [0.25, 0.3) is 0 Å². The summed E-state index contributed by atoms with van der Waals surface area (Å²) in [5.74, 6) is 0. The summed E-state index contributed by atoms with van der Waals surface area (Å²) in [5, 5.41) is 3.90. The van der Waals surface area contributed by atoms with E-state index in [2.05, 4.69) is 38.2 Å². The molecule has 1 N–H and O–H groups in total. The molecular formula is C18H38N2. The molecule has 2 nitrogen and oxygen atoms in total. The standard InChI is InChI=1S/C18H38N2/c1-5-7-8-10-13-17(19-16-6-2)18(20(3)4)14-11-9-12-15-18/h17,19H,5-16H2,1-4H3. The Morgan fingerprint density at radius 2 is 1.65 bits per heavy atom. The van der Waals surface area contributed by atoms with Crippen LogP contribution in [0.15, 0.2) is 0 Å². The second kappa shape index (κ2) is 9.78. The molecule has 1 atom stereocenters. The van der Waals surface area contributed by atoms with Crippen molar-refractivity contribution < 1.29 is 0 Å². The first-order valence-corrected chi connectivity index (χ1v) is 9.08. The number of rotatable bonds is 10. The summed E-state index contributed by atoms with van der Waals surface area (Å²) in [4.78, 5) is 2.54. The van der Waals surface area contributed by atoms with Crippen LogP contribution in [0.2, 0.25) is 0 Å². The highest BCUT2D eigenvalue weighted by molar-refractivity contribution is 5.00. The number of hydrogen-bond donors (Lipinski definition) is 1. The zero-order chi connectivity index (χ0) is 14.8. The van der Waals surface area contributed by atoms with Gasteiger partial charge in [0.15, 0.2) is 0 Å². The van der Waals surface area contributed by atoms with E-state index in [4.69, 9.17) is 0 Å². The van der Waals surface area contributed by atoms with Crippen molar-refractivity contribution in [2.24, 2.45) is 0 Å². The Balaban J connectivity index is 2.65. The van der Waals surface area contributed by atoms with Crippen molar-refractivity contribution >= 4 is 0 Å². The maximum Gasteiger partial charge on any atom is 0.0356 e. The van der Waals surface area contributed by atoms with Gasteiger partial charge in [-0.3, -0.25) is 0 Å². The molecule has 20 heavy (non-hydrogen) atoms. The van der Waals surface area contributed by atoms with E-state index in [1.165, 1.54) is 77.2 Å². The molecule has 1 aliphatic rings. The maximum absolute atomic E-state index is 3.90. The highest BCUT2D eigenvalue weighted by Gasteiger charge is 2.40. The molecule has 1 fully saturated rings. The molecule has 0 aliphatic heterocycles. The highest BCUT2D eigenvalue weighted by Crippen LogP contribution is 2.37. The molecule has 0 spiro atoms. The summed E-state index contributed by atoms with van der Waals surface area (Å²) in [5.41, 5.74) is 0.416. The number of nitrogens with one attached hydrogen (secondary N) is 1. The van der Waals surface area contributed by atoms with Gasteiger partial charge < -0.3 is 10.2 Å². The molecule has 0 saturated heterocycles. The van der Waals surface area contributed by atoms with E-state index in [0.717, 1.165) is 0 Å². The van der Waals surface area contributed by atoms with Crippen LogP contribution in [0.25, 0.3) is 0 Å². The molecule has 0 heterocycles. The van der Waals surface area contributed by atoms with Crippen molar-refractivity contribution in [2.75, 3.05) is 20.6 Å². The molecule has 2 heteroatoms. The van der Waals surface area contributed by atoms with Crippen LogP contribution in [0.4, 0.5) is 0 Å². The van der Waals surface area contributed by atoms with Crippen LogP contribution in [0.3, 0.4) is 0 Å². The summed E-state index contributed by atoms with van der Waals surface area (Å²) >= 11 is 0. The molecule has 0 bridgehead atoms. The van der Waals surface area contributed by atoms with Crippen molar-refractivity contribution in [3.63, 3.8) is 0 Å². The number of nitrogens with zero attached hydrogens (tertiary/aromatic N) is 1. The Kier molecular flexibility index (Phi) is 8.79. The van der Waals surface area contributed by atoms with Crippen LogP contribution in [-0.4, -0.2) is 37.1 Å². The van der Waals surface area contributed by atoms with Gasteiger partial charge in [-0.25, -0.2) is 0 Å². The van der Waals surface area contributed by atoms with E-state index in [1.807, 2.05) is 0 Å². The summed E-state index contributed by atoms with van der Waals surface area (Å²) in [6, 6.07) is 0.689. The van der Waals surface area contributed by atoms with Gasteiger partial charge in [0.1, 0.15) is 0 Å². The lowest BCUT2D eigenvalue weighted by Crippen LogP contribution is -2.60. The van der Waals surface area contributed by atoms with Crippen molar-refractivity contribution in [3.05, 3.63) is 0 Å². The fourth-order valence-corrected chi connectivity index (χ4v) is 3.93. The van der Waals surface area contributed by atoms with E-state index in [-0.39, 0.29) is 0 Å². The van der Waals surface area contributed by atoms with Crippen molar-refractivity contribution in [3.8, 4) is 0 Å². The Bertz CT molecular complexity index is 232. The monoisotopic (exact) mass is 282 g/mol. The van der Waals surface area contributed by atoms with Crippen LogP contribution in [0.1, 0.15) is 84.5 Å². The van der Waals surface area contributed by atoms with Crippen LogP contribution in [0.5, 0.6) is 0 Å². The largest absolute Gasteiger partial charge is 0.312 e. The predicted molar refractivity (Wildman–Crippen MR) is 90.3 cm³/mol. The predicted octanol–water partition coefficient (Wildman–Crippen LogP) is 4.59. The maximum atomic E-state index is 3.90. The quantitative estimate of drug-likeness (QED) is 0.590. The second-order valence-electron chi connectivity index (χ2n) is 6.91. The molecule has 0 amide bonds. The fraction of sp³-hybridized carbons (Fsp3) is 1.00.